The Morgan fingerprint density at radius 3 is 2.78 bits per heavy atom. The molecule has 5 nitrogen and oxygen atoms in total. The summed E-state index contributed by atoms with van der Waals surface area (Å²) in [6.45, 7) is 9.75. The molecule has 1 saturated carbocycles. The van der Waals surface area contributed by atoms with Gasteiger partial charge < -0.3 is 19.9 Å². The summed E-state index contributed by atoms with van der Waals surface area (Å²) in [5, 5.41) is 6.61. The predicted molar refractivity (Wildman–Crippen MR) is 92.4 cm³/mol. The Balaban J connectivity index is 1.80. The van der Waals surface area contributed by atoms with E-state index in [1.54, 1.807) is 0 Å². The number of nitrogens with zero attached hydrogens (tertiary/aromatic N) is 1. The molecule has 2 atom stereocenters. The van der Waals surface area contributed by atoms with Crippen LogP contribution in [0, 0.1) is 0 Å². The summed E-state index contributed by atoms with van der Waals surface area (Å²) in [7, 11) is 0. The van der Waals surface area contributed by atoms with Crippen molar-refractivity contribution in [3.63, 3.8) is 0 Å². The van der Waals surface area contributed by atoms with Crippen molar-refractivity contribution in [1.29, 1.82) is 0 Å². The number of hydrogen-bond acceptors (Lipinski definition) is 3. The Morgan fingerprint density at radius 1 is 1.35 bits per heavy atom. The highest BCUT2D eigenvalue weighted by molar-refractivity contribution is 5.68. The molecule has 1 heterocycles. The van der Waals surface area contributed by atoms with E-state index in [0.717, 1.165) is 38.8 Å². The van der Waals surface area contributed by atoms with Crippen LogP contribution in [0.1, 0.15) is 58.9 Å². The lowest BCUT2D eigenvalue weighted by Crippen LogP contribution is -2.47. The first-order chi connectivity index (χ1) is 10.9. The highest BCUT2D eigenvalue weighted by Gasteiger charge is 2.29. The maximum atomic E-state index is 11.9. The normalized spacial score (nSPS) is 21.4. The Hall–Kier alpha value is -1.49. The molecule has 0 saturated heterocycles. The Morgan fingerprint density at radius 2 is 2.09 bits per heavy atom. The minimum absolute atomic E-state index is 0.155. The minimum Gasteiger partial charge on any atom is -0.444 e. The van der Waals surface area contributed by atoms with Gasteiger partial charge in [0.25, 0.3) is 0 Å². The SMILES string of the molecule is CCCn1ccc(CNC2CCCC2NC(=O)OC(C)(C)C)c1. The van der Waals surface area contributed by atoms with Crippen molar-refractivity contribution >= 4 is 6.09 Å². The van der Waals surface area contributed by atoms with Gasteiger partial charge in [0, 0.05) is 37.6 Å². The Kier molecular flexibility index (Phi) is 6.10. The molecule has 0 radical (unpaired) electrons. The van der Waals surface area contributed by atoms with Gasteiger partial charge in [-0.3, -0.25) is 0 Å². The Labute approximate surface area is 139 Å². The summed E-state index contributed by atoms with van der Waals surface area (Å²) in [5.74, 6) is 0. The van der Waals surface area contributed by atoms with Crippen molar-refractivity contribution in [1.82, 2.24) is 15.2 Å². The number of rotatable bonds is 6. The van der Waals surface area contributed by atoms with Crippen molar-refractivity contribution in [3.05, 3.63) is 24.0 Å². The molecule has 0 aromatic carbocycles. The fourth-order valence-corrected chi connectivity index (χ4v) is 3.08. The summed E-state index contributed by atoms with van der Waals surface area (Å²) in [4.78, 5) is 11.9. The van der Waals surface area contributed by atoms with Crippen LogP contribution in [0.5, 0.6) is 0 Å². The fraction of sp³-hybridized carbons (Fsp3) is 0.722. The number of amides is 1. The lowest BCUT2D eigenvalue weighted by Gasteiger charge is -2.25. The highest BCUT2D eigenvalue weighted by Crippen LogP contribution is 2.20. The zero-order valence-electron chi connectivity index (χ0n) is 14.9. The van der Waals surface area contributed by atoms with Crippen molar-refractivity contribution in [2.75, 3.05) is 0 Å². The molecule has 0 spiro atoms. The summed E-state index contributed by atoms with van der Waals surface area (Å²) >= 11 is 0. The lowest BCUT2D eigenvalue weighted by atomic mass is 10.1. The molecule has 0 bridgehead atoms. The van der Waals surface area contributed by atoms with Crippen LogP contribution in [0.3, 0.4) is 0 Å². The van der Waals surface area contributed by atoms with Gasteiger partial charge >= 0.3 is 6.09 Å². The van der Waals surface area contributed by atoms with E-state index in [9.17, 15) is 4.79 Å². The number of hydrogen-bond donors (Lipinski definition) is 2. The second kappa shape index (κ2) is 7.86. The van der Waals surface area contributed by atoms with E-state index in [1.165, 1.54) is 5.56 Å². The average molecular weight is 321 g/mol. The molecule has 1 aliphatic carbocycles. The van der Waals surface area contributed by atoms with E-state index < -0.39 is 5.60 Å². The van der Waals surface area contributed by atoms with Gasteiger partial charge in [-0.1, -0.05) is 6.92 Å². The van der Waals surface area contributed by atoms with Crippen LogP contribution < -0.4 is 10.6 Å². The van der Waals surface area contributed by atoms with Gasteiger partial charge in [0.05, 0.1) is 0 Å². The lowest BCUT2D eigenvalue weighted by molar-refractivity contribution is 0.0498. The average Bonchev–Trinajstić information content (AvgIpc) is 3.04. The van der Waals surface area contributed by atoms with Crippen LogP contribution in [-0.2, 0) is 17.8 Å². The molecular weight excluding hydrogens is 290 g/mol. The number of ether oxygens (including phenoxy) is 1. The summed E-state index contributed by atoms with van der Waals surface area (Å²) in [6.07, 6.45) is 8.39. The largest absolute Gasteiger partial charge is 0.444 e. The quantitative estimate of drug-likeness (QED) is 0.844. The molecule has 1 fully saturated rings. The first kappa shape index (κ1) is 17.9. The minimum atomic E-state index is -0.451. The second-order valence-electron chi connectivity index (χ2n) is 7.43. The van der Waals surface area contributed by atoms with Gasteiger partial charge in [0.2, 0.25) is 0 Å². The zero-order valence-corrected chi connectivity index (χ0v) is 14.9. The smallest absolute Gasteiger partial charge is 0.407 e. The standard InChI is InChI=1S/C18H31N3O2/c1-5-10-21-11-9-14(13-21)12-19-15-7-6-8-16(15)20-17(22)23-18(2,3)4/h9,11,13,15-16,19H,5-8,10,12H2,1-4H3,(H,20,22). The zero-order chi connectivity index (χ0) is 16.9. The number of carbonyl (C=O) groups excluding carboxylic acids is 1. The maximum Gasteiger partial charge on any atom is 0.407 e. The number of aromatic nitrogens is 1. The number of alkyl carbamates (subject to hydrolysis) is 1. The number of nitrogens with one attached hydrogen (secondary N) is 2. The van der Waals surface area contributed by atoms with Crippen LogP contribution in [-0.4, -0.2) is 28.3 Å². The number of carbonyl (C=O) groups is 1. The monoisotopic (exact) mass is 321 g/mol. The van der Waals surface area contributed by atoms with E-state index in [1.807, 2.05) is 20.8 Å². The highest BCUT2D eigenvalue weighted by atomic mass is 16.6. The van der Waals surface area contributed by atoms with Crippen LogP contribution in [0.2, 0.25) is 0 Å². The molecule has 130 valence electrons. The van der Waals surface area contributed by atoms with Crippen molar-refractivity contribution in [2.24, 2.45) is 0 Å². The molecule has 23 heavy (non-hydrogen) atoms. The van der Waals surface area contributed by atoms with Crippen molar-refractivity contribution in [3.8, 4) is 0 Å². The van der Waals surface area contributed by atoms with Crippen molar-refractivity contribution < 1.29 is 9.53 Å². The molecular formula is C18H31N3O2. The predicted octanol–water partition coefficient (Wildman–Crippen LogP) is 3.43. The van der Waals surface area contributed by atoms with Crippen LogP contribution >= 0.6 is 0 Å². The van der Waals surface area contributed by atoms with E-state index in [-0.39, 0.29) is 12.1 Å². The molecule has 2 unspecified atom stereocenters. The summed E-state index contributed by atoms with van der Waals surface area (Å²) in [6, 6.07) is 2.63. The molecule has 1 aromatic rings. The third-order valence-corrected chi connectivity index (χ3v) is 4.08. The van der Waals surface area contributed by atoms with Crippen LogP contribution in [0.25, 0.3) is 0 Å². The van der Waals surface area contributed by atoms with Gasteiger partial charge in [-0.05, 0) is 58.1 Å². The third kappa shape index (κ3) is 5.90. The maximum absolute atomic E-state index is 11.9. The molecule has 2 N–H and O–H groups in total. The Bertz CT molecular complexity index is 505. The van der Waals surface area contributed by atoms with Crippen molar-refractivity contribution in [2.45, 2.75) is 84.2 Å². The fourth-order valence-electron chi connectivity index (χ4n) is 3.08. The molecule has 0 aliphatic heterocycles. The van der Waals surface area contributed by atoms with E-state index in [2.05, 4.69) is 40.6 Å². The molecule has 2 rings (SSSR count). The number of aryl methyl sites for hydroxylation is 1. The summed E-state index contributed by atoms with van der Waals surface area (Å²) < 4.78 is 7.58. The molecule has 1 amide bonds. The first-order valence-electron chi connectivity index (χ1n) is 8.75. The molecule has 1 aliphatic rings. The van der Waals surface area contributed by atoms with E-state index in [4.69, 9.17) is 4.74 Å². The third-order valence-electron chi connectivity index (χ3n) is 4.08. The van der Waals surface area contributed by atoms with Gasteiger partial charge in [-0.2, -0.15) is 0 Å². The topological polar surface area (TPSA) is 55.3 Å². The van der Waals surface area contributed by atoms with Gasteiger partial charge in [0.15, 0.2) is 0 Å². The molecule has 5 heteroatoms. The van der Waals surface area contributed by atoms with Crippen LogP contribution in [0.15, 0.2) is 18.5 Å². The van der Waals surface area contributed by atoms with Gasteiger partial charge in [-0.15, -0.1) is 0 Å². The van der Waals surface area contributed by atoms with Crippen LogP contribution in [0.4, 0.5) is 4.79 Å². The first-order valence-corrected chi connectivity index (χ1v) is 8.75. The van der Waals surface area contributed by atoms with Gasteiger partial charge in [0.1, 0.15) is 5.60 Å². The second-order valence-corrected chi connectivity index (χ2v) is 7.43. The van der Waals surface area contributed by atoms with E-state index >= 15 is 0 Å². The molecule has 1 aromatic heterocycles. The summed E-state index contributed by atoms with van der Waals surface area (Å²) in [5.41, 5.74) is 0.842. The van der Waals surface area contributed by atoms with E-state index in [0.29, 0.717) is 6.04 Å². The van der Waals surface area contributed by atoms with Gasteiger partial charge in [-0.25, -0.2) is 4.79 Å².